The van der Waals surface area contributed by atoms with Crippen LogP contribution in [-0.4, -0.2) is 74.0 Å². The van der Waals surface area contributed by atoms with Gasteiger partial charge in [0.05, 0.1) is 49.3 Å². The monoisotopic (exact) mass is 468 g/mol. The molecule has 1 saturated heterocycles. The summed E-state index contributed by atoms with van der Waals surface area (Å²) < 4.78 is 21.9. The minimum atomic E-state index is -1.01. The molecule has 2 aromatic heterocycles. The van der Waals surface area contributed by atoms with E-state index in [1.54, 1.807) is 35.1 Å². The Morgan fingerprint density at radius 2 is 2.15 bits per heavy atom. The van der Waals surface area contributed by atoms with Crippen molar-refractivity contribution in [3.8, 4) is 11.1 Å². The van der Waals surface area contributed by atoms with Crippen LogP contribution >= 0.6 is 0 Å². The molecule has 11 nitrogen and oxygen atoms in total. The molecule has 0 aliphatic carbocycles. The average Bonchev–Trinajstić information content (AvgIpc) is 3.60. The topological polar surface area (TPSA) is 135 Å². The molecule has 2 N–H and O–H groups in total. The maximum atomic E-state index is 15.0. The number of nitrogens with zero attached hydrogens (tertiary/aromatic N) is 6. The molecule has 0 spiro atoms. The van der Waals surface area contributed by atoms with E-state index in [1.165, 1.54) is 23.4 Å². The lowest BCUT2D eigenvalue weighted by atomic mass is 9.95. The number of carbonyl (C=O) groups excluding carboxylic acids is 1. The summed E-state index contributed by atoms with van der Waals surface area (Å²) in [7, 11) is 0. The number of oxime groups is 1. The van der Waals surface area contributed by atoms with E-state index in [9.17, 15) is 15.0 Å². The van der Waals surface area contributed by atoms with E-state index in [2.05, 4.69) is 20.5 Å². The molecular weight excluding hydrogens is 447 g/mol. The lowest BCUT2D eigenvalue weighted by molar-refractivity contribution is 0.0429. The molecule has 4 heterocycles. The Labute approximate surface area is 193 Å². The highest BCUT2D eigenvalue weighted by Crippen LogP contribution is 2.30. The van der Waals surface area contributed by atoms with Crippen molar-refractivity contribution in [3.05, 3.63) is 60.4 Å². The first kappa shape index (κ1) is 21.9. The molecule has 1 aromatic carbocycles. The average molecular weight is 468 g/mol. The molecule has 1 unspecified atom stereocenters. The number of carbonyl (C=O) groups is 1. The summed E-state index contributed by atoms with van der Waals surface area (Å²) in [5.41, 5.74) is 2.12. The molecule has 0 radical (unpaired) electrons. The zero-order valence-electron chi connectivity index (χ0n) is 17.9. The van der Waals surface area contributed by atoms with Crippen molar-refractivity contribution in [2.24, 2.45) is 11.1 Å². The van der Waals surface area contributed by atoms with Gasteiger partial charge in [0, 0.05) is 23.5 Å². The molecule has 5 rings (SSSR count). The number of aliphatic hydroxyl groups excluding tert-OH is 2. The number of cyclic esters (lactones) is 1. The SMILES string of the molecule is O=C1O[C@@H](Cn2ccnn2)CN1c1ccc(-c2ccc(C3=NOCC3[C@H](O)CO)nc2)c(F)c1. The number of anilines is 1. The van der Waals surface area contributed by atoms with Crippen molar-refractivity contribution < 1.29 is 29.0 Å². The number of pyridine rings is 1. The summed E-state index contributed by atoms with van der Waals surface area (Å²) in [6.07, 6.45) is 2.71. The van der Waals surface area contributed by atoms with Gasteiger partial charge in [0.1, 0.15) is 24.2 Å². The fourth-order valence-corrected chi connectivity index (χ4v) is 3.97. The Bertz CT molecular complexity index is 1200. The molecule has 176 valence electrons. The van der Waals surface area contributed by atoms with Crippen LogP contribution in [0.25, 0.3) is 11.1 Å². The lowest BCUT2D eigenvalue weighted by Crippen LogP contribution is -2.31. The van der Waals surface area contributed by atoms with Crippen LogP contribution in [0.2, 0.25) is 0 Å². The summed E-state index contributed by atoms with van der Waals surface area (Å²) in [6, 6.07) is 7.84. The number of hydrogen-bond acceptors (Lipinski definition) is 9. The van der Waals surface area contributed by atoms with Crippen LogP contribution in [0.5, 0.6) is 0 Å². The van der Waals surface area contributed by atoms with Crippen LogP contribution in [0.15, 0.2) is 54.1 Å². The third-order valence-electron chi connectivity index (χ3n) is 5.76. The summed E-state index contributed by atoms with van der Waals surface area (Å²) in [4.78, 5) is 23.1. The standard InChI is InChI=1S/C22H21FN6O5/c23-18-7-14(29-10-15(34-22(29)32)9-28-6-5-25-27-28)2-3-16(18)13-1-4-19(24-8-13)21-17(12-33-26-21)20(31)11-30/h1-8,15,17,20,30-31H,9-12H2/t15-,17?,20+/m0/s1. The van der Waals surface area contributed by atoms with Crippen molar-refractivity contribution in [1.82, 2.24) is 20.0 Å². The molecule has 1 fully saturated rings. The van der Waals surface area contributed by atoms with Gasteiger partial charge in [0.15, 0.2) is 0 Å². The summed E-state index contributed by atoms with van der Waals surface area (Å²) >= 11 is 0. The molecule has 2 aliphatic rings. The number of ether oxygens (including phenoxy) is 1. The number of benzene rings is 1. The molecule has 34 heavy (non-hydrogen) atoms. The number of amides is 1. The number of aromatic nitrogens is 4. The molecule has 2 aliphatic heterocycles. The van der Waals surface area contributed by atoms with Crippen LogP contribution < -0.4 is 4.90 Å². The van der Waals surface area contributed by atoms with Gasteiger partial charge in [-0.15, -0.1) is 5.10 Å². The Hall–Kier alpha value is -3.90. The Kier molecular flexibility index (Phi) is 5.90. The van der Waals surface area contributed by atoms with Gasteiger partial charge in [0.2, 0.25) is 0 Å². The number of halogens is 1. The van der Waals surface area contributed by atoms with E-state index in [1.807, 2.05) is 0 Å². The third kappa shape index (κ3) is 4.20. The van der Waals surface area contributed by atoms with Gasteiger partial charge in [-0.3, -0.25) is 9.88 Å². The van der Waals surface area contributed by atoms with Gasteiger partial charge in [-0.05, 0) is 24.3 Å². The highest BCUT2D eigenvalue weighted by molar-refractivity contribution is 6.01. The number of rotatable bonds is 7. The van der Waals surface area contributed by atoms with Crippen molar-refractivity contribution in [1.29, 1.82) is 0 Å². The van der Waals surface area contributed by atoms with E-state index < -0.39 is 36.6 Å². The van der Waals surface area contributed by atoms with Crippen LogP contribution in [-0.2, 0) is 16.1 Å². The summed E-state index contributed by atoms with van der Waals surface area (Å²) in [5, 5.41) is 30.7. The molecular formula is C22H21FN6O5. The predicted octanol–water partition coefficient (Wildman–Crippen LogP) is 1.21. The zero-order chi connectivity index (χ0) is 23.7. The smallest absolute Gasteiger partial charge is 0.414 e. The minimum absolute atomic E-state index is 0.148. The van der Waals surface area contributed by atoms with E-state index in [4.69, 9.17) is 9.57 Å². The highest BCUT2D eigenvalue weighted by atomic mass is 19.1. The van der Waals surface area contributed by atoms with E-state index >= 15 is 4.39 Å². The molecule has 3 aromatic rings. The maximum absolute atomic E-state index is 15.0. The first-order valence-electron chi connectivity index (χ1n) is 10.6. The Morgan fingerprint density at radius 1 is 1.26 bits per heavy atom. The van der Waals surface area contributed by atoms with E-state index in [-0.39, 0.29) is 13.2 Å². The number of aliphatic hydroxyl groups is 2. The minimum Gasteiger partial charge on any atom is -0.442 e. The predicted molar refractivity (Wildman–Crippen MR) is 116 cm³/mol. The Morgan fingerprint density at radius 3 is 2.85 bits per heavy atom. The van der Waals surface area contributed by atoms with Crippen LogP contribution in [0, 0.1) is 11.7 Å². The third-order valence-corrected chi connectivity index (χ3v) is 5.76. The van der Waals surface area contributed by atoms with Crippen LogP contribution in [0.3, 0.4) is 0 Å². The fraction of sp³-hybridized carbons (Fsp3) is 0.318. The first-order chi connectivity index (χ1) is 16.5. The van der Waals surface area contributed by atoms with E-state index in [0.29, 0.717) is 34.8 Å². The normalized spacial score (nSPS) is 20.7. The molecule has 3 atom stereocenters. The van der Waals surface area contributed by atoms with Crippen LogP contribution in [0.4, 0.5) is 14.9 Å². The van der Waals surface area contributed by atoms with Crippen molar-refractivity contribution in [3.63, 3.8) is 0 Å². The van der Waals surface area contributed by atoms with Crippen molar-refractivity contribution in [2.75, 3.05) is 24.7 Å². The van der Waals surface area contributed by atoms with Gasteiger partial charge >= 0.3 is 6.09 Å². The van der Waals surface area contributed by atoms with Gasteiger partial charge in [-0.1, -0.05) is 16.4 Å². The first-order valence-corrected chi connectivity index (χ1v) is 10.6. The molecule has 1 amide bonds. The fourth-order valence-electron chi connectivity index (χ4n) is 3.97. The van der Waals surface area contributed by atoms with E-state index in [0.717, 1.165) is 0 Å². The van der Waals surface area contributed by atoms with Gasteiger partial charge < -0.3 is 19.8 Å². The molecule has 12 heteroatoms. The summed E-state index contributed by atoms with van der Waals surface area (Å²) in [6.45, 7) is 0.343. The maximum Gasteiger partial charge on any atom is 0.414 e. The largest absolute Gasteiger partial charge is 0.442 e. The lowest BCUT2D eigenvalue weighted by Gasteiger charge is -2.16. The second kappa shape index (κ2) is 9.15. The Balaban J connectivity index is 1.31. The number of hydrogen-bond donors (Lipinski definition) is 2. The molecule has 0 bridgehead atoms. The van der Waals surface area contributed by atoms with Gasteiger partial charge in [0.25, 0.3) is 0 Å². The van der Waals surface area contributed by atoms with Gasteiger partial charge in [-0.2, -0.15) is 0 Å². The van der Waals surface area contributed by atoms with Crippen molar-refractivity contribution >= 4 is 17.5 Å². The van der Waals surface area contributed by atoms with Crippen molar-refractivity contribution in [2.45, 2.75) is 18.8 Å². The quantitative estimate of drug-likeness (QED) is 0.528. The second-order valence-electron chi connectivity index (χ2n) is 7.97. The van der Waals surface area contributed by atoms with Gasteiger partial charge in [-0.25, -0.2) is 13.9 Å². The van der Waals surface area contributed by atoms with Crippen LogP contribution in [0.1, 0.15) is 5.69 Å². The second-order valence-corrected chi connectivity index (χ2v) is 7.97. The summed E-state index contributed by atoms with van der Waals surface area (Å²) in [5.74, 6) is -1.01. The zero-order valence-corrected chi connectivity index (χ0v) is 17.9. The molecule has 0 saturated carbocycles. The highest BCUT2D eigenvalue weighted by Gasteiger charge is 2.34.